The normalized spacial score (nSPS) is 54.3. The van der Waals surface area contributed by atoms with Gasteiger partial charge >= 0.3 is 5.97 Å². The van der Waals surface area contributed by atoms with E-state index in [2.05, 4.69) is 40.7 Å². The lowest BCUT2D eigenvalue weighted by molar-refractivity contribution is -0.298. The minimum absolute atomic E-state index is 0.185. The van der Waals surface area contributed by atoms with E-state index in [-0.39, 0.29) is 28.1 Å². The number of esters is 1. The maximum absolute atomic E-state index is 14.4. The number of hydrogen-bond donors (Lipinski definition) is 7. The van der Waals surface area contributed by atoms with Gasteiger partial charge in [-0.15, -0.1) is 0 Å². The number of carbonyl (C=O) groups is 1. The highest BCUT2D eigenvalue weighted by atomic mass is 16.7. The number of rotatable bonds is 3. The molecular formula is C36H58O10. The number of fused-ring (bicyclic) bond motifs is 7. The second-order valence-electron chi connectivity index (χ2n) is 18.0. The Bertz CT molecular complexity index is 1250. The summed E-state index contributed by atoms with van der Waals surface area (Å²) in [5.74, 6) is -0.666. The molecule has 0 aromatic heterocycles. The molecule has 46 heavy (non-hydrogen) atoms. The van der Waals surface area contributed by atoms with Crippen molar-refractivity contribution in [2.75, 3.05) is 6.61 Å². The Hall–Kier alpha value is -1.11. The molecule has 7 N–H and O–H groups in total. The molecule has 0 spiro atoms. The molecule has 6 rings (SSSR count). The van der Waals surface area contributed by atoms with Gasteiger partial charge in [-0.05, 0) is 90.3 Å². The van der Waals surface area contributed by atoms with Gasteiger partial charge in [-0.3, -0.25) is 4.79 Å². The van der Waals surface area contributed by atoms with E-state index in [1.807, 2.05) is 13.8 Å². The van der Waals surface area contributed by atoms with Gasteiger partial charge in [-0.2, -0.15) is 0 Å². The monoisotopic (exact) mass is 650 g/mol. The molecule has 1 heterocycles. The van der Waals surface area contributed by atoms with Gasteiger partial charge in [-0.1, -0.05) is 60.1 Å². The molecule has 5 aliphatic carbocycles. The molecule has 15 atom stereocenters. The second-order valence-corrected chi connectivity index (χ2v) is 18.0. The first-order chi connectivity index (χ1) is 21.2. The summed E-state index contributed by atoms with van der Waals surface area (Å²) in [6, 6.07) is 0. The molecule has 262 valence electrons. The van der Waals surface area contributed by atoms with E-state index in [1.165, 1.54) is 0 Å². The van der Waals surface area contributed by atoms with Crippen LogP contribution < -0.4 is 0 Å². The summed E-state index contributed by atoms with van der Waals surface area (Å²) in [4.78, 5) is 14.4. The van der Waals surface area contributed by atoms with Gasteiger partial charge in [0.15, 0.2) is 0 Å². The van der Waals surface area contributed by atoms with Crippen molar-refractivity contribution < 1.29 is 50.0 Å². The molecule has 4 saturated carbocycles. The van der Waals surface area contributed by atoms with Crippen molar-refractivity contribution in [3.63, 3.8) is 0 Å². The fourth-order valence-corrected chi connectivity index (χ4v) is 12.1. The number of ether oxygens (including phenoxy) is 2. The predicted octanol–water partition coefficient (Wildman–Crippen LogP) is 2.43. The Kier molecular flexibility index (Phi) is 8.27. The Morgan fingerprint density at radius 2 is 1.50 bits per heavy atom. The zero-order valence-corrected chi connectivity index (χ0v) is 28.6. The number of aliphatic hydroxyl groups excluding tert-OH is 7. The summed E-state index contributed by atoms with van der Waals surface area (Å²) >= 11 is 0. The summed E-state index contributed by atoms with van der Waals surface area (Å²) in [6.07, 6.45) is -2.48. The molecular weight excluding hydrogens is 592 g/mol. The van der Waals surface area contributed by atoms with Crippen LogP contribution in [0.15, 0.2) is 11.6 Å². The third kappa shape index (κ3) is 4.46. The standard InChI is InChI=1S/C36H58O10/c1-31(2)12-14-36(30(44)46-29-26(41)25(40)24(39)20(17-37)45-29)15-13-34(6)18(23(36)28(31)43)8-9-22-33(5)16-19(38)27(42)32(3,4)21(33)10-11-35(22,34)7/h8,19-29,37-43H,9-17H2,1-7H3. The summed E-state index contributed by atoms with van der Waals surface area (Å²) in [5, 5.41) is 75.3. The first-order valence-electron chi connectivity index (χ1n) is 17.5. The van der Waals surface area contributed by atoms with Gasteiger partial charge in [0.1, 0.15) is 24.4 Å². The van der Waals surface area contributed by atoms with E-state index in [0.29, 0.717) is 32.1 Å². The van der Waals surface area contributed by atoms with Crippen molar-refractivity contribution >= 4 is 5.97 Å². The molecule has 10 nitrogen and oxygen atoms in total. The van der Waals surface area contributed by atoms with Gasteiger partial charge in [0.2, 0.25) is 6.29 Å². The topological polar surface area (TPSA) is 177 Å². The van der Waals surface area contributed by atoms with Crippen LogP contribution in [0.3, 0.4) is 0 Å². The Morgan fingerprint density at radius 1 is 0.848 bits per heavy atom. The fourth-order valence-electron chi connectivity index (χ4n) is 12.1. The minimum Gasteiger partial charge on any atom is -0.432 e. The van der Waals surface area contributed by atoms with Crippen LogP contribution in [0, 0.1) is 50.2 Å². The molecule has 6 aliphatic rings. The summed E-state index contributed by atoms with van der Waals surface area (Å²) < 4.78 is 11.4. The molecule has 10 heteroatoms. The van der Waals surface area contributed by atoms with Crippen molar-refractivity contribution in [1.29, 1.82) is 0 Å². The van der Waals surface area contributed by atoms with Crippen LogP contribution in [-0.2, 0) is 14.3 Å². The van der Waals surface area contributed by atoms with Crippen molar-refractivity contribution in [3.05, 3.63) is 11.6 Å². The average Bonchev–Trinajstić information content (AvgIpc) is 2.98. The summed E-state index contributed by atoms with van der Waals surface area (Å²) in [5.41, 5.74) is -1.64. The molecule has 1 aliphatic heterocycles. The quantitative estimate of drug-likeness (QED) is 0.177. The van der Waals surface area contributed by atoms with Gasteiger partial charge < -0.3 is 45.2 Å². The number of allylic oxidation sites excluding steroid dienone is 1. The lowest BCUT2D eigenvalue weighted by Gasteiger charge is -2.71. The maximum atomic E-state index is 14.4. The van der Waals surface area contributed by atoms with Crippen LogP contribution in [0.4, 0.5) is 0 Å². The van der Waals surface area contributed by atoms with E-state index in [4.69, 9.17) is 9.47 Å². The van der Waals surface area contributed by atoms with E-state index < -0.39 is 83.8 Å². The van der Waals surface area contributed by atoms with Crippen molar-refractivity contribution in [3.8, 4) is 0 Å². The van der Waals surface area contributed by atoms with Crippen molar-refractivity contribution in [1.82, 2.24) is 0 Å². The van der Waals surface area contributed by atoms with Crippen LogP contribution in [0.2, 0.25) is 0 Å². The summed E-state index contributed by atoms with van der Waals surface area (Å²) in [7, 11) is 0. The highest BCUT2D eigenvalue weighted by molar-refractivity contribution is 5.79. The third-order valence-corrected chi connectivity index (χ3v) is 15.3. The Labute approximate surface area is 273 Å². The lowest BCUT2D eigenvalue weighted by atomic mass is 9.33. The second kappa shape index (κ2) is 10.9. The maximum Gasteiger partial charge on any atom is 0.315 e. The SMILES string of the molecule is CC1(C)CCC2(C(=O)OC3OC(CO)C(O)C(O)C3O)CCC3(C)C(=CCC4C5(C)CC(O)C(O)C(C)(C)C5CCC43C)C2C1O. The zero-order valence-electron chi connectivity index (χ0n) is 28.6. The van der Waals surface area contributed by atoms with Gasteiger partial charge in [0.25, 0.3) is 0 Å². The molecule has 0 amide bonds. The molecule has 0 aromatic rings. The van der Waals surface area contributed by atoms with Crippen LogP contribution >= 0.6 is 0 Å². The third-order valence-electron chi connectivity index (χ3n) is 15.3. The Morgan fingerprint density at radius 3 is 2.15 bits per heavy atom. The van der Waals surface area contributed by atoms with Crippen LogP contribution in [0.25, 0.3) is 0 Å². The van der Waals surface area contributed by atoms with Crippen LogP contribution in [0.1, 0.15) is 99.8 Å². The Balaban J connectivity index is 1.39. The average molecular weight is 651 g/mol. The van der Waals surface area contributed by atoms with Gasteiger partial charge in [0, 0.05) is 5.92 Å². The first kappa shape index (κ1) is 34.7. The number of aliphatic hydroxyl groups is 7. The molecule has 0 bridgehead atoms. The van der Waals surface area contributed by atoms with Gasteiger partial charge in [0.05, 0.1) is 30.3 Å². The van der Waals surface area contributed by atoms with Gasteiger partial charge in [-0.25, -0.2) is 0 Å². The van der Waals surface area contributed by atoms with Crippen LogP contribution in [-0.4, -0.2) is 97.3 Å². The number of carbonyl (C=O) groups excluding carboxylic acids is 1. The molecule has 1 saturated heterocycles. The van der Waals surface area contributed by atoms with Crippen molar-refractivity contribution in [2.45, 2.75) is 149 Å². The van der Waals surface area contributed by atoms with Crippen LogP contribution in [0.5, 0.6) is 0 Å². The highest BCUT2D eigenvalue weighted by Crippen LogP contribution is 2.75. The zero-order chi connectivity index (χ0) is 34.0. The van der Waals surface area contributed by atoms with Crippen molar-refractivity contribution in [2.24, 2.45) is 50.2 Å². The minimum atomic E-state index is -1.70. The predicted molar refractivity (Wildman–Crippen MR) is 168 cm³/mol. The fraction of sp³-hybridized carbons (Fsp3) is 0.917. The highest BCUT2D eigenvalue weighted by Gasteiger charge is 2.71. The van der Waals surface area contributed by atoms with E-state index >= 15 is 0 Å². The van der Waals surface area contributed by atoms with E-state index in [0.717, 1.165) is 24.8 Å². The smallest absolute Gasteiger partial charge is 0.315 e. The summed E-state index contributed by atoms with van der Waals surface area (Å²) in [6.45, 7) is 14.6. The molecule has 0 radical (unpaired) electrons. The molecule has 5 fully saturated rings. The lowest BCUT2D eigenvalue weighted by Crippen LogP contribution is -2.68. The molecule has 0 aromatic carbocycles. The van der Waals surface area contributed by atoms with E-state index in [9.17, 15) is 40.5 Å². The first-order valence-corrected chi connectivity index (χ1v) is 17.5. The van der Waals surface area contributed by atoms with E-state index in [1.54, 1.807) is 0 Å². The molecule has 15 unspecified atom stereocenters. The number of hydrogen-bond acceptors (Lipinski definition) is 10. The largest absolute Gasteiger partial charge is 0.432 e.